The minimum atomic E-state index is -0.134. The van der Waals surface area contributed by atoms with Crippen LogP contribution in [0.2, 0.25) is 0 Å². The van der Waals surface area contributed by atoms with Crippen LogP contribution in [0.15, 0.2) is 0 Å². The van der Waals surface area contributed by atoms with Gasteiger partial charge in [0.05, 0.1) is 0 Å². The second-order valence-electron chi connectivity index (χ2n) is 1.02. The van der Waals surface area contributed by atoms with E-state index in [9.17, 15) is 9.59 Å². The molecule has 0 N–H and O–H groups in total. The van der Waals surface area contributed by atoms with Gasteiger partial charge in [0.15, 0.2) is 0 Å². The molecule has 0 aromatic carbocycles. The first-order chi connectivity index (χ1) is 2.77. The van der Waals surface area contributed by atoms with Gasteiger partial charge in [0, 0.05) is 0 Å². The molecule has 0 saturated heterocycles. The van der Waals surface area contributed by atoms with Crippen molar-refractivity contribution >= 4 is 12.1 Å². The zero-order valence-electron chi connectivity index (χ0n) is 4.02. The third-order valence-electron chi connectivity index (χ3n) is 0.321. The van der Waals surface area contributed by atoms with Crippen LogP contribution in [-0.4, -0.2) is 12.1 Å². The van der Waals surface area contributed by atoms with Crippen molar-refractivity contribution in [1.29, 1.82) is 0 Å². The topological polar surface area (TPSA) is 34.1 Å². The van der Waals surface area contributed by atoms with Crippen LogP contribution in [0.1, 0.15) is 13.3 Å². The Kier molecular flexibility index (Phi) is 8.75. The predicted octanol–water partition coefficient (Wildman–Crippen LogP) is 0.0727. The molecule has 3 heteroatoms. The SMILES string of the molecule is CC(=O)C[C-]=O.[Ti+2]. The molecule has 0 amide bonds. The van der Waals surface area contributed by atoms with Gasteiger partial charge in [-0.05, 0) is 6.92 Å². The minimum absolute atomic E-state index is 0. The fourth-order valence-electron chi connectivity index (χ4n) is 0.102. The van der Waals surface area contributed by atoms with E-state index in [0.29, 0.717) is 0 Å². The third-order valence-corrected chi connectivity index (χ3v) is 0.321. The van der Waals surface area contributed by atoms with Gasteiger partial charge in [0.2, 0.25) is 0 Å². The molecule has 0 heterocycles. The first kappa shape index (κ1) is 10.1. The second kappa shape index (κ2) is 6.05. The molecular formula is C4H5O2Ti+. The average Bonchev–Trinajstić information content (AvgIpc) is 1.35. The molecule has 0 saturated carbocycles. The van der Waals surface area contributed by atoms with Gasteiger partial charge in [-0.1, -0.05) is 6.42 Å². The molecule has 0 spiro atoms. The summed E-state index contributed by atoms with van der Waals surface area (Å²) in [6.07, 6.45) is 1.40. The van der Waals surface area contributed by atoms with E-state index < -0.39 is 0 Å². The summed E-state index contributed by atoms with van der Waals surface area (Å²) in [5, 5.41) is 0. The fourth-order valence-corrected chi connectivity index (χ4v) is 0.102. The largest absolute Gasteiger partial charge is 2.00 e. The third kappa shape index (κ3) is 10.7. The Morgan fingerprint density at radius 3 is 2.14 bits per heavy atom. The maximum absolute atomic E-state index is 9.78. The Morgan fingerprint density at radius 1 is 1.71 bits per heavy atom. The van der Waals surface area contributed by atoms with Crippen molar-refractivity contribution in [2.45, 2.75) is 13.3 Å². The minimum Gasteiger partial charge on any atom is -0.541 e. The Morgan fingerprint density at radius 2 is 2.14 bits per heavy atom. The van der Waals surface area contributed by atoms with E-state index in [1.54, 1.807) is 0 Å². The second-order valence-corrected chi connectivity index (χ2v) is 1.02. The van der Waals surface area contributed by atoms with E-state index in [4.69, 9.17) is 0 Å². The summed E-state index contributed by atoms with van der Waals surface area (Å²) >= 11 is 0. The maximum Gasteiger partial charge on any atom is 2.00 e. The zero-order chi connectivity index (χ0) is 4.99. The van der Waals surface area contributed by atoms with Crippen LogP contribution in [0, 0.1) is 0 Å². The number of carbonyl (C=O) groups excluding carboxylic acids is 2. The van der Waals surface area contributed by atoms with Gasteiger partial charge in [-0.15, -0.1) is 0 Å². The van der Waals surface area contributed by atoms with E-state index >= 15 is 0 Å². The van der Waals surface area contributed by atoms with Crippen LogP contribution in [0.5, 0.6) is 0 Å². The maximum atomic E-state index is 9.78. The quantitative estimate of drug-likeness (QED) is 0.303. The standard InChI is InChI=1S/C4H5O2.Ti/c1-4(6)2-3-5;/h2H2,1H3;/q-1;+2. The molecule has 36 valence electrons. The Balaban J connectivity index is 0. The number of carbonyl (C=O) groups is 1. The van der Waals surface area contributed by atoms with Crippen molar-refractivity contribution in [3.8, 4) is 0 Å². The summed E-state index contributed by atoms with van der Waals surface area (Å²) in [6.45, 7) is 1.35. The van der Waals surface area contributed by atoms with Crippen LogP contribution in [0.3, 0.4) is 0 Å². The molecule has 0 unspecified atom stereocenters. The smallest absolute Gasteiger partial charge is 0.541 e. The predicted molar refractivity (Wildman–Crippen MR) is 21.0 cm³/mol. The number of Topliss-reactive ketones (excluding diaryl/α,β-unsaturated/α-hetero) is 1. The summed E-state index contributed by atoms with van der Waals surface area (Å²) in [7, 11) is 0. The zero-order valence-corrected chi connectivity index (χ0v) is 5.59. The van der Waals surface area contributed by atoms with Gasteiger partial charge in [-0.2, -0.15) is 0 Å². The van der Waals surface area contributed by atoms with Crippen molar-refractivity contribution in [1.82, 2.24) is 0 Å². The van der Waals surface area contributed by atoms with Crippen LogP contribution in [-0.2, 0) is 31.3 Å². The Hall–Kier alpha value is 0.0543. The van der Waals surface area contributed by atoms with E-state index in [2.05, 4.69) is 0 Å². The van der Waals surface area contributed by atoms with Gasteiger partial charge < -0.3 is 9.59 Å². The fraction of sp³-hybridized carbons (Fsp3) is 0.500. The molecule has 0 atom stereocenters. The van der Waals surface area contributed by atoms with Gasteiger partial charge in [0.25, 0.3) is 0 Å². The van der Waals surface area contributed by atoms with Crippen LogP contribution >= 0.6 is 0 Å². The number of hydrogen-bond donors (Lipinski definition) is 0. The number of rotatable bonds is 2. The van der Waals surface area contributed by atoms with Crippen molar-refractivity contribution in [2.24, 2.45) is 0 Å². The van der Waals surface area contributed by atoms with Crippen molar-refractivity contribution in [3.05, 3.63) is 0 Å². The van der Waals surface area contributed by atoms with Crippen LogP contribution < -0.4 is 0 Å². The average molecular weight is 133 g/mol. The summed E-state index contributed by atoms with van der Waals surface area (Å²) in [5.41, 5.74) is 0. The van der Waals surface area contributed by atoms with Gasteiger partial charge >= 0.3 is 21.7 Å². The summed E-state index contributed by atoms with van der Waals surface area (Å²) in [6, 6.07) is 0. The van der Waals surface area contributed by atoms with E-state index in [-0.39, 0.29) is 33.9 Å². The number of hydrogen-bond acceptors (Lipinski definition) is 2. The van der Waals surface area contributed by atoms with Crippen molar-refractivity contribution in [2.75, 3.05) is 0 Å². The Labute approximate surface area is 57.2 Å². The molecule has 0 bridgehead atoms. The first-order valence-electron chi connectivity index (χ1n) is 1.62. The molecule has 0 radical (unpaired) electrons. The molecule has 0 aliphatic rings. The number of ketones is 1. The molecule has 0 rings (SSSR count). The molecule has 2 nitrogen and oxygen atoms in total. The van der Waals surface area contributed by atoms with Gasteiger partial charge in [0.1, 0.15) is 5.78 Å². The van der Waals surface area contributed by atoms with E-state index in [1.165, 1.54) is 13.2 Å². The summed E-state index contributed by atoms with van der Waals surface area (Å²) < 4.78 is 0. The molecule has 0 aliphatic carbocycles. The molecule has 7 heavy (non-hydrogen) atoms. The van der Waals surface area contributed by atoms with Crippen molar-refractivity contribution < 1.29 is 31.3 Å². The summed E-state index contributed by atoms with van der Waals surface area (Å²) in [5.74, 6) is -0.134. The Bertz CT molecular complexity index is 70.1. The van der Waals surface area contributed by atoms with Gasteiger partial charge in [-0.25, -0.2) is 0 Å². The molecule has 0 aromatic heterocycles. The van der Waals surface area contributed by atoms with Gasteiger partial charge in [-0.3, -0.25) is 6.29 Å². The summed E-state index contributed by atoms with van der Waals surface area (Å²) in [4.78, 5) is 19.1. The van der Waals surface area contributed by atoms with E-state index in [0.717, 1.165) is 0 Å². The first-order valence-corrected chi connectivity index (χ1v) is 1.62. The van der Waals surface area contributed by atoms with Crippen LogP contribution in [0.25, 0.3) is 0 Å². The normalized spacial score (nSPS) is 6.43. The van der Waals surface area contributed by atoms with Crippen LogP contribution in [0.4, 0.5) is 0 Å². The molecule has 0 aliphatic heterocycles. The van der Waals surface area contributed by atoms with E-state index in [1.807, 2.05) is 0 Å². The monoisotopic (exact) mass is 133 g/mol. The molecular weight excluding hydrogens is 128 g/mol. The molecule has 0 aromatic rings. The molecule has 0 fully saturated rings. The van der Waals surface area contributed by atoms with Crippen molar-refractivity contribution in [3.63, 3.8) is 0 Å².